The minimum absolute atomic E-state index is 0.0113. The average Bonchev–Trinajstić information content (AvgIpc) is 2.95. The lowest BCUT2D eigenvalue weighted by atomic mass is 9.87. The highest BCUT2D eigenvalue weighted by Gasteiger charge is 2.32. The predicted molar refractivity (Wildman–Crippen MR) is 169 cm³/mol. The van der Waals surface area contributed by atoms with Crippen molar-refractivity contribution in [2.24, 2.45) is 0 Å². The van der Waals surface area contributed by atoms with E-state index in [9.17, 15) is 9.59 Å². The number of amides is 2. The molecule has 0 bridgehead atoms. The van der Waals surface area contributed by atoms with E-state index in [1.165, 1.54) is 6.42 Å². The van der Waals surface area contributed by atoms with Gasteiger partial charge in [-0.3, -0.25) is 9.59 Å². The van der Waals surface area contributed by atoms with Gasteiger partial charge in [-0.1, -0.05) is 100 Å². The standard InChI is InChI=1S/C34H40BrClN2O3/c1-34(2,3)26-16-19-31(29(35)21-26)41-23-32(39)38(22-25-14-17-27(36)18-15-25)30(20-24-10-6-4-7-11-24)33(40)37-28-12-8-5-9-13-28/h4,6-7,10-11,14-19,21,28,30H,5,8-9,12-13,20,22-23H2,1-3H3,(H,37,40)/t30-/m1/s1. The molecular formula is C34H40BrClN2O3. The van der Waals surface area contributed by atoms with Crippen LogP contribution in [0.25, 0.3) is 0 Å². The summed E-state index contributed by atoms with van der Waals surface area (Å²) in [5.41, 5.74) is 3.03. The number of carbonyl (C=O) groups is 2. The molecule has 41 heavy (non-hydrogen) atoms. The van der Waals surface area contributed by atoms with Gasteiger partial charge in [0.25, 0.3) is 5.91 Å². The second-order valence-corrected chi connectivity index (χ2v) is 13.2. The lowest BCUT2D eigenvalue weighted by Crippen LogP contribution is -2.53. The van der Waals surface area contributed by atoms with Crippen LogP contribution in [0.3, 0.4) is 0 Å². The van der Waals surface area contributed by atoms with Crippen molar-refractivity contribution in [1.82, 2.24) is 10.2 Å². The van der Waals surface area contributed by atoms with Gasteiger partial charge in [0, 0.05) is 24.0 Å². The van der Waals surface area contributed by atoms with Crippen molar-refractivity contribution in [2.45, 2.75) is 83.3 Å². The lowest BCUT2D eigenvalue weighted by molar-refractivity contribution is -0.143. The molecule has 1 aliphatic carbocycles. The minimum atomic E-state index is -0.696. The van der Waals surface area contributed by atoms with E-state index in [4.69, 9.17) is 16.3 Å². The fourth-order valence-electron chi connectivity index (χ4n) is 5.19. The summed E-state index contributed by atoms with van der Waals surface area (Å²) in [6.45, 7) is 6.53. The van der Waals surface area contributed by atoms with E-state index in [0.29, 0.717) is 17.2 Å². The topological polar surface area (TPSA) is 58.6 Å². The Labute approximate surface area is 257 Å². The summed E-state index contributed by atoms with van der Waals surface area (Å²) in [6.07, 6.45) is 5.76. The van der Waals surface area contributed by atoms with Crippen LogP contribution in [-0.4, -0.2) is 35.4 Å². The molecule has 2 amide bonds. The third-order valence-electron chi connectivity index (χ3n) is 7.64. The summed E-state index contributed by atoms with van der Waals surface area (Å²) in [7, 11) is 0. The first-order valence-corrected chi connectivity index (χ1v) is 15.6. The van der Waals surface area contributed by atoms with Gasteiger partial charge in [0.15, 0.2) is 6.61 Å². The van der Waals surface area contributed by atoms with Crippen LogP contribution in [0.1, 0.15) is 69.6 Å². The predicted octanol–water partition coefficient (Wildman–Crippen LogP) is 7.87. The molecule has 5 nitrogen and oxygen atoms in total. The van der Waals surface area contributed by atoms with Crippen molar-refractivity contribution < 1.29 is 14.3 Å². The summed E-state index contributed by atoms with van der Waals surface area (Å²) in [4.78, 5) is 29.5. The van der Waals surface area contributed by atoms with Crippen LogP contribution in [0.15, 0.2) is 77.3 Å². The maximum atomic E-state index is 13.9. The van der Waals surface area contributed by atoms with Gasteiger partial charge in [0.2, 0.25) is 5.91 Å². The van der Waals surface area contributed by atoms with E-state index in [-0.39, 0.29) is 36.4 Å². The molecule has 0 spiro atoms. The monoisotopic (exact) mass is 638 g/mol. The SMILES string of the molecule is CC(C)(C)c1ccc(OCC(=O)N(Cc2ccc(Cl)cc2)[C@H](Cc2ccccc2)C(=O)NC2CCCCC2)c(Br)c1. The quantitative estimate of drug-likeness (QED) is 0.246. The molecule has 3 aromatic carbocycles. The molecule has 0 saturated heterocycles. The van der Waals surface area contributed by atoms with Crippen molar-refractivity contribution in [3.05, 3.63) is 99.0 Å². The molecule has 0 unspecified atom stereocenters. The van der Waals surface area contributed by atoms with E-state index >= 15 is 0 Å². The van der Waals surface area contributed by atoms with E-state index in [1.54, 1.807) is 17.0 Å². The van der Waals surface area contributed by atoms with E-state index in [2.05, 4.69) is 42.0 Å². The van der Waals surface area contributed by atoms with Crippen molar-refractivity contribution in [2.75, 3.05) is 6.61 Å². The van der Waals surface area contributed by atoms with Crippen LogP contribution in [0.5, 0.6) is 5.75 Å². The number of benzene rings is 3. The molecule has 1 N–H and O–H groups in total. The van der Waals surface area contributed by atoms with Crippen LogP contribution in [0.2, 0.25) is 5.02 Å². The number of halogens is 2. The zero-order valence-corrected chi connectivity index (χ0v) is 26.5. The van der Waals surface area contributed by atoms with E-state index < -0.39 is 6.04 Å². The summed E-state index contributed by atoms with van der Waals surface area (Å²) >= 11 is 9.75. The Morgan fingerprint density at radius 1 is 0.976 bits per heavy atom. The highest BCUT2D eigenvalue weighted by Crippen LogP contribution is 2.31. The smallest absolute Gasteiger partial charge is 0.261 e. The maximum Gasteiger partial charge on any atom is 0.261 e. The van der Waals surface area contributed by atoms with E-state index in [1.807, 2.05) is 60.7 Å². The Morgan fingerprint density at radius 3 is 2.29 bits per heavy atom. The van der Waals surface area contributed by atoms with E-state index in [0.717, 1.165) is 46.8 Å². The van der Waals surface area contributed by atoms with Gasteiger partial charge >= 0.3 is 0 Å². The maximum absolute atomic E-state index is 13.9. The Bertz CT molecular complexity index is 1300. The number of nitrogens with zero attached hydrogens (tertiary/aromatic N) is 1. The molecule has 0 heterocycles. The van der Waals surface area contributed by atoms with Crippen LogP contribution in [0.4, 0.5) is 0 Å². The molecule has 0 aromatic heterocycles. The second kappa shape index (κ2) is 14.4. The van der Waals surface area contributed by atoms with Gasteiger partial charge in [-0.25, -0.2) is 0 Å². The molecule has 3 aromatic rings. The fourth-order valence-corrected chi connectivity index (χ4v) is 5.81. The third-order valence-corrected chi connectivity index (χ3v) is 8.51. The Hall–Kier alpha value is -2.83. The first-order chi connectivity index (χ1) is 19.6. The zero-order chi connectivity index (χ0) is 29.4. The van der Waals surface area contributed by atoms with Gasteiger partial charge in [-0.15, -0.1) is 0 Å². The van der Waals surface area contributed by atoms with Crippen LogP contribution >= 0.6 is 27.5 Å². The number of rotatable bonds is 10. The van der Waals surface area contributed by atoms with Crippen molar-refractivity contribution in [3.63, 3.8) is 0 Å². The van der Waals surface area contributed by atoms with Crippen molar-refractivity contribution in [1.29, 1.82) is 0 Å². The summed E-state index contributed by atoms with van der Waals surface area (Å²) in [5, 5.41) is 3.89. The zero-order valence-electron chi connectivity index (χ0n) is 24.2. The van der Waals surface area contributed by atoms with Crippen LogP contribution in [0, 0.1) is 0 Å². The number of hydrogen-bond acceptors (Lipinski definition) is 3. The van der Waals surface area contributed by atoms with Crippen molar-refractivity contribution >= 4 is 39.3 Å². The van der Waals surface area contributed by atoms with Crippen LogP contribution < -0.4 is 10.1 Å². The molecule has 1 atom stereocenters. The Balaban J connectivity index is 1.60. The minimum Gasteiger partial charge on any atom is -0.483 e. The molecule has 1 fully saturated rings. The first kappa shape index (κ1) is 31.1. The molecule has 1 aliphatic rings. The molecule has 0 aliphatic heterocycles. The highest BCUT2D eigenvalue weighted by atomic mass is 79.9. The molecule has 7 heteroatoms. The Morgan fingerprint density at radius 2 is 1.66 bits per heavy atom. The number of carbonyl (C=O) groups excluding carboxylic acids is 2. The molecular weight excluding hydrogens is 600 g/mol. The van der Waals surface area contributed by atoms with Gasteiger partial charge < -0.3 is 15.0 Å². The summed E-state index contributed by atoms with van der Waals surface area (Å²) in [5.74, 6) is 0.203. The van der Waals surface area contributed by atoms with Gasteiger partial charge in [-0.05, 0) is 75.1 Å². The lowest BCUT2D eigenvalue weighted by Gasteiger charge is -2.33. The third kappa shape index (κ3) is 9.08. The molecule has 0 radical (unpaired) electrons. The molecule has 1 saturated carbocycles. The second-order valence-electron chi connectivity index (χ2n) is 11.9. The largest absolute Gasteiger partial charge is 0.483 e. The molecule has 218 valence electrons. The van der Waals surface area contributed by atoms with Crippen molar-refractivity contribution in [3.8, 4) is 5.75 Å². The average molecular weight is 640 g/mol. The fraction of sp³-hybridized carbons (Fsp3) is 0.412. The van der Waals surface area contributed by atoms with Gasteiger partial charge in [-0.2, -0.15) is 0 Å². The van der Waals surface area contributed by atoms with Crippen LogP contribution in [-0.2, 0) is 28.0 Å². The van der Waals surface area contributed by atoms with Gasteiger partial charge in [0.1, 0.15) is 11.8 Å². The summed E-state index contributed by atoms with van der Waals surface area (Å²) in [6, 6.07) is 22.6. The summed E-state index contributed by atoms with van der Waals surface area (Å²) < 4.78 is 6.83. The number of hydrogen-bond donors (Lipinski definition) is 1. The normalized spacial score (nSPS) is 14.8. The molecule has 4 rings (SSSR count). The highest BCUT2D eigenvalue weighted by molar-refractivity contribution is 9.10. The first-order valence-electron chi connectivity index (χ1n) is 14.4. The number of ether oxygens (including phenoxy) is 1. The number of nitrogens with one attached hydrogen (secondary N) is 1. The Kier molecular flexibility index (Phi) is 10.9. The van der Waals surface area contributed by atoms with Gasteiger partial charge in [0.05, 0.1) is 4.47 Å².